The summed E-state index contributed by atoms with van der Waals surface area (Å²) in [6.45, 7) is 12.8. The van der Waals surface area contributed by atoms with Gasteiger partial charge in [-0.25, -0.2) is 0 Å². The molecule has 5 fully saturated rings. The van der Waals surface area contributed by atoms with Gasteiger partial charge in [-0.1, -0.05) is 19.4 Å². The molecule has 6 rings (SSSR count). The number of allylic oxidation sites excluding steroid dienone is 1. The maximum absolute atomic E-state index is 12.3. The van der Waals surface area contributed by atoms with Crippen molar-refractivity contribution in [2.75, 3.05) is 20.2 Å². The molecule has 2 saturated heterocycles. The van der Waals surface area contributed by atoms with Gasteiger partial charge in [0.05, 0.1) is 0 Å². The molecule has 33 heavy (non-hydrogen) atoms. The number of carbonyl (C=O) groups excluding carboxylic acids is 1. The van der Waals surface area contributed by atoms with E-state index < -0.39 is 19.7 Å². The van der Waals surface area contributed by atoms with Crippen LogP contribution in [-0.4, -0.2) is 51.8 Å². The van der Waals surface area contributed by atoms with Crippen molar-refractivity contribution in [3.63, 3.8) is 0 Å². The fraction of sp³-hybridized carbons (Fsp3) is 0.885. The number of hydrogen-bond donors (Lipinski definition) is 0. The van der Waals surface area contributed by atoms with Crippen molar-refractivity contribution >= 4 is 14.1 Å². The Kier molecular flexibility index (Phi) is 5.01. The minimum absolute atomic E-state index is 0.0515. The molecule has 0 radical (unpaired) electrons. The summed E-state index contributed by atoms with van der Waals surface area (Å²) in [5, 5.41) is 0. The number of hydrogen-bond acceptors (Lipinski definition) is 6. The van der Waals surface area contributed by atoms with Crippen LogP contribution in [0.15, 0.2) is 11.6 Å². The number of rotatable bonds is 2. The lowest BCUT2D eigenvalue weighted by Gasteiger charge is -2.63. The van der Waals surface area contributed by atoms with Gasteiger partial charge in [-0.05, 0) is 87.4 Å². The molecule has 184 valence electrons. The molecular weight excluding hydrogens is 436 g/mol. The van der Waals surface area contributed by atoms with Crippen molar-refractivity contribution < 1.29 is 28.2 Å². The second-order valence-electron chi connectivity index (χ2n) is 12.9. The summed E-state index contributed by atoms with van der Waals surface area (Å²) in [6.07, 6.45) is 8.95. The zero-order chi connectivity index (χ0) is 23.3. The summed E-state index contributed by atoms with van der Waals surface area (Å²) in [7, 11) is -1.81. The molecule has 6 nitrogen and oxygen atoms in total. The Balaban J connectivity index is 1.45. The molecule has 2 heterocycles. The minimum atomic E-state index is -1.81. The Bertz CT molecular complexity index is 869. The molecular formula is C26H40O6Si. The second-order valence-corrected chi connectivity index (χ2v) is 17.4. The van der Waals surface area contributed by atoms with Crippen LogP contribution in [0.25, 0.3) is 0 Å². The molecule has 6 aliphatic rings. The first kappa shape index (κ1) is 22.9. The van der Waals surface area contributed by atoms with E-state index in [0.717, 1.165) is 38.5 Å². The second kappa shape index (κ2) is 7.23. The molecule has 4 aliphatic carbocycles. The fourth-order valence-electron chi connectivity index (χ4n) is 9.19. The van der Waals surface area contributed by atoms with Crippen LogP contribution in [0.2, 0.25) is 19.6 Å². The van der Waals surface area contributed by atoms with Crippen LogP contribution in [0, 0.1) is 28.6 Å². The van der Waals surface area contributed by atoms with Crippen LogP contribution >= 0.6 is 0 Å². The van der Waals surface area contributed by atoms with E-state index in [1.54, 1.807) is 0 Å². The molecule has 0 N–H and O–H groups in total. The van der Waals surface area contributed by atoms with Crippen LogP contribution in [0.5, 0.6) is 0 Å². The predicted molar refractivity (Wildman–Crippen MR) is 125 cm³/mol. The SMILES string of the molecule is C[C@]12CCC(=O)C=C1CC[C@@H]1[C@@H]2[C@H](O[Si](C)(C)C)C[C@]2(C)[C@H]1CC[C@@]21OCO[C@]12COCO2. The van der Waals surface area contributed by atoms with Gasteiger partial charge in [0, 0.05) is 17.9 Å². The minimum Gasteiger partial charge on any atom is -0.414 e. The van der Waals surface area contributed by atoms with Gasteiger partial charge in [-0.3, -0.25) is 4.79 Å². The molecule has 0 aromatic rings. The average Bonchev–Trinajstić information content (AvgIpc) is 3.42. The molecule has 0 unspecified atom stereocenters. The molecule has 0 bridgehead atoms. The summed E-state index contributed by atoms with van der Waals surface area (Å²) < 4.78 is 31.8. The number of fused-ring (bicyclic) bond motifs is 7. The van der Waals surface area contributed by atoms with E-state index in [-0.39, 0.29) is 30.5 Å². The normalized spacial score (nSPS) is 51.5. The average molecular weight is 477 g/mol. The van der Waals surface area contributed by atoms with Crippen molar-refractivity contribution in [2.24, 2.45) is 28.6 Å². The van der Waals surface area contributed by atoms with Crippen LogP contribution in [0.1, 0.15) is 58.8 Å². The highest BCUT2D eigenvalue weighted by Crippen LogP contribution is 2.72. The lowest BCUT2D eigenvalue weighted by atomic mass is 9.45. The van der Waals surface area contributed by atoms with Crippen molar-refractivity contribution in [3.05, 3.63) is 11.6 Å². The lowest BCUT2D eigenvalue weighted by molar-refractivity contribution is -0.256. The first-order valence-corrected chi connectivity index (χ1v) is 16.4. The maximum atomic E-state index is 12.3. The van der Waals surface area contributed by atoms with E-state index in [1.807, 2.05) is 6.08 Å². The maximum Gasteiger partial charge on any atom is 0.226 e. The third-order valence-corrected chi connectivity index (χ3v) is 11.4. The summed E-state index contributed by atoms with van der Waals surface area (Å²) in [4.78, 5) is 12.3. The zero-order valence-corrected chi connectivity index (χ0v) is 21.9. The van der Waals surface area contributed by atoms with E-state index in [0.29, 0.717) is 36.6 Å². The summed E-state index contributed by atoms with van der Waals surface area (Å²) in [6, 6.07) is 0. The molecule has 0 amide bonds. The van der Waals surface area contributed by atoms with Gasteiger partial charge in [0.1, 0.15) is 12.2 Å². The number of ketones is 1. The van der Waals surface area contributed by atoms with Crippen molar-refractivity contribution in [1.82, 2.24) is 0 Å². The summed E-state index contributed by atoms with van der Waals surface area (Å²) in [5.74, 6) is 1.05. The molecule has 2 spiro atoms. The van der Waals surface area contributed by atoms with Gasteiger partial charge in [-0.15, -0.1) is 0 Å². The van der Waals surface area contributed by atoms with Gasteiger partial charge < -0.3 is 23.4 Å². The number of ether oxygens (including phenoxy) is 4. The highest BCUT2D eigenvalue weighted by atomic mass is 28.4. The van der Waals surface area contributed by atoms with Crippen LogP contribution in [-0.2, 0) is 28.2 Å². The highest BCUT2D eigenvalue weighted by Gasteiger charge is 2.77. The molecule has 3 saturated carbocycles. The van der Waals surface area contributed by atoms with Crippen LogP contribution < -0.4 is 0 Å². The largest absolute Gasteiger partial charge is 0.414 e. The van der Waals surface area contributed by atoms with Gasteiger partial charge in [-0.2, -0.15) is 0 Å². The standard InChI is InChI=1S/C26H40O6Si/c1-23-10-8-18(27)12-17(23)6-7-19-20-9-11-25(26(31-16-29-25)14-28-15-30-26)24(20,2)13-21(22(19)23)32-33(3,4)5/h12,19-22H,6-11,13-16H2,1-5H3/t19-,20-,21+,22+,23-,24+,25+,26+/m0/s1. The zero-order valence-electron chi connectivity index (χ0n) is 20.9. The van der Waals surface area contributed by atoms with Crippen molar-refractivity contribution in [2.45, 2.75) is 95.9 Å². The van der Waals surface area contributed by atoms with Gasteiger partial charge in [0.2, 0.25) is 5.79 Å². The molecule has 7 heteroatoms. The van der Waals surface area contributed by atoms with E-state index in [4.69, 9.17) is 23.4 Å². The van der Waals surface area contributed by atoms with E-state index in [2.05, 4.69) is 33.5 Å². The van der Waals surface area contributed by atoms with E-state index >= 15 is 0 Å². The Morgan fingerprint density at radius 2 is 1.82 bits per heavy atom. The van der Waals surface area contributed by atoms with Crippen molar-refractivity contribution in [1.29, 1.82) is 0 Å². The quantitative estimate of drug-likeness (QED) is 0.534. The van der Waals surface area contributed by atoms with Gasteiger partial charge in [0.25, 0.3) is 0 Å². The molecule has 8 atom stereocenters. The molecule has 2 aliphatic heterocycles. The molecule has 0 aromatic heterocycles. The lowest BCUT2D eigenvalue weighted by Crippen LogP contribution is -2.67. The first-order chi connectivity index (χ1) is 15.5. The Hall–Kier alpha value is -0.573. The van der Waals surface area contributed by atoms with Crippen LogP contribution in [0.4, 0.5) is 0 Å². The van der Waals surface area contributed by atoms with Crippen molar-refractivity contribution in [3.8, 4) is 0 Å². The van der Waals surface area contributed by atoms with E-state index in [1.165, 1.54) is 5.57 Å². The Morgan fingerprint density at radius 1 is 1.03 bits per heavy atom. The van der Waals surface area contributed by atoms with Crippen LogP contribution in [0.3, 0.4) is 0 Å². The van der Waals surface area contributed by atoms with E-state index in [9.17, 15) is 4.79 Å². The summed E-state index contributed by atoms with van der Waals surface area (Å²) in [5.41, 5.74) is 0.831. The third kappa shape index (κ3) is 2.99. The predicted octanol–water partition coefficient (Wildman–Crippen LogP) is 4.79. The number of carbonyl (C=O) groups is 1. The van der Waals surface area contributed by atoms with Gasteiger partial charge >= 0.3 is 0 Å². The summed E-state index contributed by atoms with van der Waals surface area (Å²) >= 11 is 0. The smallest absolute Gasteiger partial charge is 0.226 e. The monoisotopic (exact) mass is 476 g/mol. The Labute approximate surface area is 198 Å². The fourth-order valence-corrected chi connectivity index (χ4v) is 10.3. The highest BCUT2D eigenvalue weighted by molar-refractivity contribution is 6.69. The van der Waals surface area contributed by atoms with Gasteiger partial charge in [0.15, 0.2) is 27.7 Å². The third-order valence-electron chi connectivity index (χ3n) is 10.4. The molecule has 0 aromatic carbocycles. The first-order valence-electron chi connectivity index (χ1n) is 13.0. The Morgan fingerprint density at radius 3 is 2.55 bits per heavy atom. The topological polar surface area (TPSA) is 63.2 Å².